The van der Waals surface area contributed by atoms with Crippen LogP contribution in [-0.4, -0.2) is 50.8 Å². The van der Waals surface area contributed by atoms with Crippen molar-refractivity contribution in [2.75, 3.05) is 10.7 Å². The number of pyridine rings is 1. The average molecular weight is 714 g/mol. The van der Waals surface area contributed by atoms with Crippen LogP contribution in [0.4, 0.5) is 5.69 Å². The molecule has 0 bridgehead atoms. The van der Waals surface area contributed by atoms with Crippen molar-refractivity contribution in [1.82, 2.24) is 9.88 Å². The molecule has 4 amide bonds. The van der Waals surface area contributed by atoms with Crippen molar-refractivity contribution in [2.45, 2.75) is 44.0 Å². The van der Waals surface area contributed by atoms with Crippen LogP contribution in [0.15, 0.2) is 83.8 Å². The number of carbonyl (C=O) groups is 6. The highest BCUT2D eigenvalue weighted by Crippen LogP contribution is 2.40. The molecule has 0 saturated carbocycles. The predicted octanol–water partition coefficient (Wildman–Crippen LogP) is 7.85. The third kappa shape index (κ3) is 5.12. The number of unbranched alkanes of at least 4 members (excludes halogenated alkanes) is 1. The average Bonchev–Trinajstić information content (AvgIpc) is 3.63. The number of aryl methyl sites for hydroxylation is 1. The molecule has 3 aliphatic rings. The number of thioether (sulfide) groups is 1. The second-order valence-electron chi connectivity index (χ2n) is 12.8. The predicted molar refractivity (Wildman–Crippen MR) is 193 cm³/mol. The Labute approximate surface area is 301 Å². The van der Waals surface area contributed by atoms with E-state index in [9.17, 15) is 28.8 Å². The molecule has 2 aliphatic heterocycles. The van der Waals surface area contributed by atoms with Gasteiger partial charge in [-0.1, -0.05) is 49.2 Å². The molecule has 1 aromatic heterocycles. The lowest BCUT2D eigenvalue weighted by atomic mass is 9.97. The summed E-state index contributed by atoms with van der Waals surface area (Å²) < 4.78 is 0. The smallest absolute Gasteiger partial charge is 0.266 e. The molecular formula is C40H28ClN3O6S. The number of benzene rings is 4. The fourth-order valence-corrected chi connectivity index (χ4v) is 8.16. The minimum atomic E-state index is -1.26. The molecule has 0 N–H and O–H groups in total. The van der Waals surface area contributed by atoms with Gasteiger partial charge >= 0.3 is 0 Å². The van der Waals surface area contributed by atoms with Crippen LogP contribution in [0.5, 0.6) is 0 Å². The summed E-state index contributed by atoms with van der Waals surface area (Å²) in [4.78, 5) is 89.8. The van der Waals surface area contributed by atoms with Crippen molar-refractivity contribution in [3.05, 3.63) is 134 Å². The summed E-state index contributed by atoms with van der Waals surface area (Å²) in [6.45, 7) is 3.74. The zero-order valence-corrected chi connectivity index (χ0v) is 29.1. The van der Waals surface area contributed by atoms with Crippen molar-refractivity contribution in [3.63, 3.8) is 0 Å². The fraction of sp³-hybridized carbons (Fsp3) is 0.175. The minimum Gasteiger partial charge on any atom is -0.293 e. The topological polar surface area (TPSA) is 122 Å². The Hall–Kier alpha value is -5.45. The monoisotopic (exact) mass is 713 g/mol. The zero-order chi connectivity index (χ0) is 35.7. The minimum absolute atomic E-state index is 0.116. The van der Waals surface area contributed by atoms with Gasteiger partial charge in [-0.25, -0.2) is 9.88 Å². The Bertz CT molecular complexity index is 2370. The lowest BCUT2D eigenvalue weighted by Gasteiger charge is -2.21. The van der Waals surface area contributed by atoms with Gasteiger partial charge in [0.1, 0.15) is 5.92 Å². The van der Waals surface area contributed by atoms with Gasteiger partial charge in [0.05, 0.1) is 45.7 Å². The number of carbonyl (C=O) groups excluding carboxylic acids is 6. The van der Waals surface area contributed by atoms with E-state index >= 15 is 0 Å². The third-order valence-corrected chi connectivity index (χ3v) is 11.2. The van der Waals surface area contributed by atoms with Crippen LogP contribution < -0.4 is 4.90 Å². The summed E-state index contributed by atoms with van der Waals surface area (Å²) in [6.07, 6.45) is 2.04. The molecule has 4 aromatic carbocycles. The van der Waals surface area contributed by atoms with Crippen molar-refractivity contribution in [2.24, 2.45) is 0 Å². The van der Waals surface area contributed by atoms with E-state index in [2.05, 4.69) is 6.92 Å². The standard InChI is InChI=1S/C40H28ClN3O6S/c1-3-4-15-51-22-10-11-26-29(17-22)40(50)44(39(26)49)32-14-9-21(19-43-37(47)24-7-5-6-8-25(24)38(43)48)23-12-13-31(42-34(23)32)33-35(45)27-16-20(2)30(41)18-28(27)36(33)46/h5-14,16-18,33H,3-4,15,19H2,1-2H3. The molecule has 0 radical (unpaired) electrons. The van der Waals surface area contributed by atoms with E-state index < -0.39 is 41.1 Å². The molecule has 11 heteroatoms. The maximum absolute atomic E-state index is 14.0. The lowest BCUT2D eigenvalue weighted by molar-refractivity contribution is 0.0641. The number of amides is 4. The van der Waals surface area contributed by atoms with Crippen LogP contribution >= 0.6 is 23.4 Å². The first-order chi connectivity index (χ1) is 24.6. The number of Topliss-reactive ketones (excluding diaryl/α,β-unsaturated/α-hetero) is 2. The second kappa shape index (κ2) is 12.4. The second-order valence-corrected chi connectivity index (χ2v) is 14.4. The van der Waals surface area contributed by atoms with Crippen molar-refractivity contribution in [1.29, 1.82) is 0 Å². The van der Waals surface area contributed by atoms with E-state index in [0.29, 0.717) is 32.7 Å². The first-order valence-electron chi connectivity index (χ1n) is 16.5. The van der Waals surface area contributed by atoms with Crippen molar-refractivity contribution >= 4 is 75.1 Å². The normalized spacial score (nSPS) is 16.5. The Morgan fingerprint density at radius 1 is 0.725 bits per heavy atom. The summed E-state index contributed by atoms with van der Waals surface area (Å²) in [5.41, 5.74) is 3.20. The summed E-state index contributed by atoms with van der Waals surface area (Å²) in [5, 5.41) is 0.800. The largest absolute Gasteiger partial charge is 0.293 e. The van der Waals surface area contributed by atoms with Crippen LogP contribution in [-0.2, 0) is 6.54 Å². The summed E-state index contributed by atoms with van der Waals surface area (Å²) >= 11 is 7.93. The number of halogens is 1. The number of nitrogens with zero attached hydrogens (tertiary/aromatic N) is 3. The highest BCUT2D eigenvalue weighted by molar-refractivity contribution is 7.99. The van der Waals surface area contributed by atoms with Gasteiger partial charge in [0.15, 0.2) is 11.6 Å². The number of hydrogen-bond donors (Lipinski definition) is 0. The molecular weight excluding hydrogens is 686 g/mol. The van der Waals surface area contributed by atoms with E-state index in [1.807, 2.05) is 6.07 Å². The van der Waals surface area contributed by atoms with E-state index in [4.69, 9.17) is 16.6 Å². The fourth-order valence-electron chi connectivity index (χ4n) is 6.96. The molecule has 1 aliphatic carbocycles. The summed E-state index contributed by atoms with van der Waals surface area (Å²) in [6, 6.07) is 21.3. The van der Waals surface area contributed by atoms with E-state index in [-0.39, 0.29) is 45.7 Å². The number of anilines is 1. The number of hydrogen-bond acceptors (Lipinski definition) is 8. The van der Waals surface area contributed by atoms with E-state index in [0.717, 1.165) is 33.3 Å². The molecule has 1 atom stereocenters. The molecule has 0 spiro atoms. The van der Waals surface area contributed by atoms with Gasteiger partial charge in [-0.15, -0.1) is 11.8 Å². The lowest BCUT2D eigenvalue weighted by Crippen LogP contribution is -2.31. The SMILES string of the molecule is CCCCSc1ccc2c(c1)C(=O)N(c1ccc(CN3C(=O)c4ccccc4C3=O)c3ccc(C4C(=O)c5cc(C)c(Cl)cc5C4=O)nc13)C2=O. The Morgan fingerprint density at radius 2 is 1.39 bits per heavy atom. The number of ketones is 2. The number of imide groups is 2. The molecule has 3 heterocycles. The molecule has 5 aromatic rings. The number of aromatic nitrogens is 1. The van der Waals surface area contributed by atoms with Crippen LogP contribution in [0, 0.1) is 6.92 Å². The highest BCUT2D eigenvalue weighted by atomic mass is 35.5. The van der Waals surface area contributed by atoms with Crippen molar-refractivity contribution in [3.8, 4) is 0 Å². The van der Waals surface area contributed by atoms with Crippen LogP contribution in [0.2, 0.25) is 5.02 Å². The van der Waals surface area contributed by atoms with Gasteiger partial charge < -0.3 is 0 Å². The van der Waals surface area contributed by atoms with E-state index in [1.54, 1.807) is 85.4 Å². The Balaban J connectivity index is 1.24. The van der Waals surface area contributed by atoms with Gasteiger partial charge in [0.25, 0.3) is 23.6 Å². The molecule has 0 fully saturated rings. The molecule has 9 nitrogen and oxygen atoms in total. The highest BCUT2D eigenvalue weighted by Gasteiger charge is 2.43. The van der Waals surface area contributed by atoms with Gasteiger partial charge in [-0.05, 0) is 84.8 Å². The Morgan fingerprint density at radius 3 is 2.10 bits per heavy atom. The first kappa shape index (κ1) is 32.7. The molecule has 0 saturated heterocycles. The van der Waals surface area contributed by atoms with Crippen LogP contribution in [0.25, 0.3) is 10.9 Å². The van der Waals surface area contributed by atoms with Crippen molar-refractivity contribution < 1.29 is 28.8 Å². The summed E-state index contributed by atoms with van der Waals surface area (Å²) in [5.74, 6) is -3.23. The third-order valence-electron chi connectivity index (χ3n) is 9.67. The first-order valence-corrected chi connectivity index (χ1v) is 17.9. The molecule has 1 unspecified atom stereocenters. The molecule has 252 valence electrons. The van der Waals surface area contributed by atoms with Gasteiger partial charge in [-0.2, -0.15) is 0 Å². The zero-order valence-electron chi connectivity index (χ0n) is 27.5. The van der Waals surface area contributed by atoms with Gasteiger partial charge in [-0.3, -0.25) is 33.7 Å². The maximum atomic E-state index is 14.0. The quantitative estimate of drug-likeness (QED) is 0.0690. The van der Waals surface area contributed by atoms with Gasteiger partial charge in [0.2, 0.25) is 0 Å². The van der Waals surface area contributed by atoms with Crippen LogP contribution in [0.1, 0.15) is 105 Å². The van der Waals surface area contributed by atoms with Crippen LogP contribution in [0.3, 0.4) is 0 Å². The molecule has 8 rings (SSSR count). The number of fused-ring (bicyclic) bond motifs is 4. The number of rotatable bonds is 8. The Kier molecular flexibility index (Phi) is 7.96. The maximum Gasteiger partial charge on any atom is 0.266 e. The summed E-state index contributed by atoms with van der Waals surface area (Å²) in [7, 11) is 0. The van der Waals surface area contributed by atoms with E-state index in [1.165, 1.54) is 6.07 Å². The van der Waals surface area contributed by atoms with Gasteiger partial charge in [0, 0.05) is 26.4 Å². The molecule has 51 heavy (non-hydrogen) atoms.